The smallest absolute Gasteiger partial charge is 0.303 e. The Morgan fingerprint density at radius 2 is 1.36 bits per heavy atom. The molecule has 0 aromatic carbocycles. The van der Waals surface area contributed by atoms with Crippen molar-refractivity contribution in [3.05, 3.63) is 0 Å². The van der Waals surface area contributed by atoms with Crippen LogP contribution in [0.5, 0.6) is 0 Å². The summed E-state index contributed by atoms with van der Waals surface area (Å²) in [5.41, 5.74) is 1.13. The number of rotatable bonds is 4. The molecule has 0 amide bonds. The van der Waals surface area contributed by atoms with Crippen LogP contribution in [0.15, 0.2) is 0 Å². The standard InChI is InChI=1S/C30H50O3/c1-20(31)27(5)12-11-22-28(6,21(27)9-10-24(32)33)16-18-30(8)23-19-25(2,3)13-14-26(23,4)15-17-29(22,30)7/h21-23H,9-19H2,1-8H3,(H,32,33)/t21-,22+,23+,26-,27-,28-,29-,30+/m1/s1. The molecule has 0 aliphatic heterocycles. The fraction of sp³-hybridized carbons (Fsp3) is 0.933. The zero-order valence-electron chi connectivity index (χ0n) is 22.8. The molecule has 188 valence electrons. The van der Waals surface area contributed by atoms with E-state index in [1.165, 1.54) is 38.5 Å². The molecule has 3 nitrogen and oxygen atoms in total. The average Bonchev–Trinajstić information content (AvgIpc) is 2.70. The molecule has 4 aliphatic rings. The summed E-state index contributed by atoms with van der Waals surface area (Å²) in [7, 11) is 0. The van der Waals surface area contributed by atoms with Crippen molar-refractivity contribution in [2.75, 3.05) is 0 Å². The first-order valence-corrected chi connectivity index (χ1v) is 13.8. The maximum atomic E-state index is 13.0. The fourth-order valence-electron chi connectivity index (χ4n) is 10.4. The van der Waals surface area contributed by atoms with Crippen LogP contribution in [0.1, 0.15) is 126 Å². The molecule has 33 heavy (non-hydrogen) atoms. The van der Waals surface area contributed by atoms with Gasteiger partial charge in [-0.3, -0.25) is 9.59 Å². The van der Waals surface area contributed by atoms with Crippen molar-refractivity contribution >= 4 is 11.8 Å². The Labute approximate surface area is 202 Å². The normalized spacial score (nSPS) is 51.1. The number of carbonyl (C=O) groups is 2. The molecule has 0 spiro atoms. The number of carbonyl (C=O) groups excluding carboxylic acids is 1. The topological polar surface area (TPSA) is 54.4 Å². The SMILES string of the molecule is CC(=O)[C@@]1(C)CC[C@H]2[C@](C)(CC[C@@]3(C)[C@H]4CC(C)(C)CC[C@]4(C)CC[C@]23C)[C@@H]1CCC(=O)O. The molecule has 4 saturated carbocycles. The summed E-state index contributed by atoms with van der Waals surface area (Å²) in [4.78, 5) is 24.6. The molecule has 0 bridgehead atoms. The van der Waals surface area contributed by atoms with Crippen LogP contribution in [0.25, 0.3) is 0 Å². The minimum absolute atomic E-state index is 0.0420. The van der Waals surface area contributed by atoms with Crippen LogP contribution in [0, 0.1) is 50.2 Å². The zero-order chi connectivity index (χ0) is 24.7. The van der Waals surface area contributed by atoms with Crippen LogP contribution < -0.4 is 0 Å². The largest absolute Gasteiger partial charge is 0.481 e. The van der Waals surface area contributed by atoms with Crippen molar-refractivity contribution in [1.29, 1.82) is 0 Å². The maximum absolute atomic E-state index is 13.0. The number of carboxylic acids is 1. The number of Topliss-reactive ketones (excluding diaryl/α,β-unsaturated/α-hetero) is 1. The summed E-state index contributed by atoms with van der Waals surface area (Å²) >= 11 is 0. The van der Waals surface area contributed by atoms with E-state index in [1.807, 2.05) is 0 Å². The molecule has 0 aromatic rings. The predicted octanol–water partition coefficient (Wildman–Crippen LogP) is 7.91. The second kappa shape index (κ2) is 7.57. The van der Waals surface area contributed by atoms with Gasteiger partial charge in [-0.15, -0.1) is 0 Å². The summed E-state index contributed by atoms with van der Waals surface area (Å²) in [6, 6.07) is 0. The van der Waals surface area contributed by atoms with E-state index in [0.717, 1.165) is 25.2 Å². The lowest BCUT2D eigenvalue weighted by molar-refractivity contribution is -0.249. The zero-order valence-corrected chi connectivity index (χ0v) is 22.8. The van der Waals surface area contributed by atoms with E-state index in [0.29, 0.717) is 28.6 Å². The first-order chi connectivity index (χ1) is 15.0. The van der Waals surface area contributed by atoms with Crippen LogP contribution in [0.3, 0.4) is 0 Å². The molecule has 4 fully saturated rings. The highest BCUT2D eigenvalue weighted by molar-refractivity contribution is 5.82. The summed E-state index contributed by atoms with van der Waals surface area (Å²) < 4.78 is 0. The third-order valence-electron chi connectivity index (χ3n) is 13.0. The lowest BCUT2D eigenvalue weighted by Crippen LogP contribution is -2.67. The van der Waals surface area contributed by atoms with Crippen LogP contribution in [-0.2, 0) is 9.59 Å². The van der Waals surface area contributed by atoms with Gasteiger partial charge in [-0.2, -0.15) is 0 Å². The maximum Gasteiger partial charge on any atom is 0.303 e. The van der Waals surface area contributed by atoms with Gasteiger partial charge in [0.05, 0.1) is 0 Å². The number of hydrogen-bond acceptors (Lipinski definition) is 2. The highest BCUT2D eigenvalue weighted by Gasteiger charge is 2.70. The number of hydrogen-bond donors (Lipinski definition) is 1. The molecule has 4 rings (SSSR count). The highest BCUT2D eigenvalue weighted by atomic mass is 16.4. The van der Waals surface area contributed by atoms with E-state index in [4.69, 9.17) is 0 Å². The van der Waals surface area contributed by atoms with Crippen LogP contribution in [0.2, 0.25) is 0 Å². The third kappa shape index (κ3) is 3.48. The summed E-state index contributed by atoms with van der Waals surface area (Å²) in [5, 5.41) is 9.53. The van der Waals surface area contributed by atoms with Crippen LogP contribution in [-0.4, -0.2) is 16.9 Å². The summed E-state index contributed by atoms with van der Waals surface area (Å²) in [6.07, 6.45) is 11.9. The van der Waals surface area contributed by atoms with E-state index in [2.05, 4.69) is 48.5 Å². The van der Waals surface area contributed by atoms with Crippen LogP contribution >= 0.6 is 0 Å². The highest BCUT2D eigenvalue weighted by Crippen LogP contribution is 2.77. The number of carboxylic acid groups (broad SMARTS) is 1. The van der Waals surface area contributed by atoms with E-state index in [-0.39, 0.29) is 34.4 Å². The first-order valence-electron chi connectivity index (χ1n) is 13.8. The molecule has 0 radical (unpaired) electrons. The minimum Gasteiger partial charge on any atom is -0.481 e. The van der Waals surface area contributed by atoms with Crippen molar-refractivity contribution in [2.45, 2.75) is 126 Å². The molecular formula is C30H50O3. The quantitative estimate of drug-likeness (QED) is 0.465. The molecular weight excluding hydrogens is 408 g/mol. The predicted molar refractivity (Wildman–Crippen MR) is 134 cm³/mol. The fourth-order valence-corrected chi connectivity index (χ4v) is 10.4. The van der Waals surface area contributed by atoms with Crippen molar-refractivity contribution in [3.63, 3.8) is 0 Å². The van der Waals surface area contributed by atoms with Crippen LogP contribution in [0.4, 0.5) is 0 Å². The van der Waals surface area contributed by atoms with Crippen molar-refractivity contribution in [2.24, 2.45) is 50.2 Å². The molecule has 1 N–H and O–H groups in total. The second-order valence-corrected chi connectivity index (χ2v) is 15.0. The molecule has 3 heteroatoms. The Bertz CT molecular complexity index is 830. The van der Waals surface area contributed by atoms with E-state index >= 15 is 0 Å². The summed E-state index contributed by atoms with van der Waals surface area (Å²) in [5.74, 6) is 1.03. The van der Waals surface area contributed by atoms with Gasteiger partial charge < -0.3 is 5.11 Å². The molecule has 8 atom stereocenters. The van der Waals surface area contributed by atoms with E-state index < -0.39 is 5.97 Å². The molecule has 0 aromatic heterocycles. The lowest BCUT2D eigenvalue weighted by atomic mass is 9.31. The van der Waals surface area contributed by atoms with Crippen molar-refractivity contribution in [1.82, 2.24) is 0 Å². The third-order valence-corrected chi connectivity index (χ3v) is 13.0. The Morgan fingerprint density at radius 3 is 1.97 bits per heavy atom. The second-order valence-electron chi connectivity index (χ2n) is 15.0. The van der Waals surface area contributed by atoms with Gasteiger partial charge >= 0.3 is 5.97 Å². The lowest BCUT2D eigenvalue weighted by Gasteiger charge is -2.74. The monoisotopic (exact) mass is 458 g/mol. The van der Waals surface area contributed by atoms with Gasteiger partial charge in [0.15, 0.2) is 0 Å². The van der Waals surface area contributed by atoms with Gasteiger partial charge in [0.25, 0.3) is 0 Å². The minimum atomic E-state index is -0.726. The first kappa shape index (κ1) is 25.2. The van der Waals surface area contributed by atoms with E-state index in [1.54, 1.807) is 6.92 Å². The van der Waals surface area contributed by atoms with Gasteiger partial charge in [-0.25, -0.2) is 0 Å². The Kier molecular flexibility index (Phi) is 5.79. The molecule has 4 aliphatic carbocycles. The van der Waals surface area contributed by atoms with Gasteiger partial charge in [0, 0.05) is 11.8 Å². The van der Waals surface area contributed by atoms with E-state index in [9.17, 15) is 14.7 Å². The molecule has 0 saturated heterocycles. The molecule has 0 unspecified atom stereocenters. The van der Waals surface area contributed by atoms with Crippen molar-refractivity contribution in [3.8, 4) is 0 Å². The Balaban J connectivity index is 1.76. The number of aliphatic carboxylic acids is 1. The summed E-state index contributed by atoms with van der Waals surface area (Å²) in [6.45, 7) is 19.2. The molecule has 0 heterocycles. The van der Waals surface area contributed by atoms with Gasteiger partial charge in [0.1, 0.15) is 5.78 Å². The Morgan fingerprint density at radius 1 is 0.788 bits per heavy atom. The van der Waals surface area contributed by atoms with Gasteiger partial charge in [-0.1, -0.05) is 48.5 Å². The number of fused-ring (bicyclic) bond motifs is 5. The van der Waals surface area contributed by atoms with Gasteiger partial charge in [0.2, 0.25) is 0 Å². The van der Waals surface area contributed by atoms with Crippen molar-refractivity contribution < 1.29 is 14.7 Å². The van der Waals surface area contributed by atoms with Gasteiger partial charge in [-0.05, 0) is 116 Å². The Hall–Kier alpha value is -0.860. The average molecular weight is 459 g/mol. The number of ketones is 1.